The number of benzene rings is 2. The first-order valence-electron chi connectivity index (χ1n) is 7.30. The molecule has 1 unspecified atom stereocenters. The summed E-state index contributed by atoms with van der Waals surface area (Å²) in [5, 5.41) is 8.70. The number of sulfonamides is 1. The molecule has 138 valence electrons. The first kappa shape index (κ1) is 18.6. The number of hydrogen-bond acceptors (Lipinski definition) is 5. The summed E-state index contributed by atoms with van der Waals surface area (Å²) in [4.78, 5) is 10.8. The lowest BCUT2D eigenvalue weighted by atomic mass is 10.1. The van der Waals surface area contributed by atoms with E-state index in [0.717, 1.165) is 0 Å². The summed E-state index contributed by atoms with van der Waals surface area (Å²) in [5.41, 5.74) is 0.667. The highest BCUT2D eigenvalue weighted by Gasteiger charge is 2.34. The van der Waals surface area contributed by atoms with Crippen LogP contribution in [0.5, 0.6) is 11.5 Å². The highest BCUT2D eigenvalue weighted by atomic mass is 35.5. The van der Waals surface area contributed by atoms with E-state index in [9.17, 15) is 13.2 Å². The molecule has 3 rings (SSSR count). The predicted molar refractivity (Wildman–Crippen MR) is 96.0 cm³/mol. The van der Waals surface area contributed by atoms with Gasteiger partial charge >= 0.3 is 5.97 Å². The fourth-order valence-corrected chi connectivity index (χ4v) is 4.46. The van der Waals surface area contributed by atoms with Crippen LogP contribution in [-0.4, -0.2) is 32.7 Å². The first-order chi connectivity index (χ1) is 12.2. The third-order valence-electron chi connectivity index (χ3n) is 3.78. The summed E-state index contributed by atoms with van der Waals surface area (Å²) in [6.07, 6.45) is -1.14. The zero-order valence-electron chi connectivity index (χ0n) is 13.3. The number of carbonyl (C=O) groups is 1. The molecule has 2 N–H and O–H groups in total. The molecule has 0 spiro atoms. The van der Waals surface area contributed by atoms with E-state index in [0.29, 0.717) is 17.0 Å². The molecule has 0 saturated carbocycles. The lowest BCUT2D eigenvalue weighted by Crippen LogP contribution is -2.24. The van der Waals surface area contributed by atoms with Crippen LogP contribution in [0.1, 0.15) is 5.56 Å². The molecule has 1 atom stereocenters. The van der Waals surface area contributed by atoms with Crippen molar-refractivity contribution in [2.75, 3.05) is 11.8 Å². The quantitative estimate of drug-likeness (QED) is 0.774. The summed E-state index contributed by atoms with van der Waals surface area (Å²) < 4.78 is 38.1. The van der Waals surface area contributed by atoms with Gasteiger partial charge in [0, 0.05) is 17.7 Å². The average Bonchev–Trinajstić information content (AvgIpc) is 3.03. The third kappa shape index (κ3) is 3.40. The molecular weight excluding hydrogens is 405 g/mol. The van der Waals surface area contributed by atoms with Crippen LogP contribution < -0.4 is 14.2 Å². The zero-order valence-corrected chi connectivity index (χ0v) is 15.7. The summed E-state index contributed by atoms with van der Waals surface area (Å²) in [6, 6.07) is 7.53. The number of fused-ring (bicyclic) bond motifs is 1. The Kier molecular flexibility index (Phi) is 4.92. The van der Waals surface area contributed by atoms with Crippen LogP contribution >= 0.6 is 23.2 Å². The smallest absolute Gasteiger partial charge is 0.345 e. The number of anilines is 1. The van der Waals surface area contributed by atoms with Gasteiger partial charge in [0.25, 0.3) is 10.0 Å². The van der Waals surface area contributed by atoms with Crippen molar-refractivity contribution in [3.63, 3.8) is 0 Å². The van der Waals surface area contributed by atoms with Crippen LogP contribution in [0.25, 0.3) is 0 Å². The molecule has 2 aromatic carbocycles. The van der Waals surface area contributed by atoms with Crippen molar-refractivity contribution in [1.29, 1.82) is 0 Å². The monoisotopic (exact) mass is 417 g/mol. The van der Waals surface area contributed by atoms with Crippen LogP contribution in [0.2, 0.25) is 10.0 Å². The molecule has 7 nitrogen and oxygen atoms in total. The van der Waals surface area contributed by atoms with E-state index in [4.69, 9.17) is 37.8 Å². The molecule has 0 aliphatic carbocycles. The zero-order chi connectivity index (χ0) is 19.1. The molecule has 0 aromatic heterocycles. The van der Waals surface area contributed by atoms with Crippen LogP contribution in [-0.2, 0) is 21.2 Å². The second-order valence-electron chi connectivity index (χ2n) is 5.47. The number of hydrogen-bond donors (Lipinski definition) is 2. The van der Waals surface area contributed by atoms with E-state index >= 15 is 0 Å². The van der Waals surface area contributed by atoms with E-state index in [1.807, 2.05) is 0 Å². The van der Waals surface area contributed by atoms with Gasteiger partial charge in [-0.25, -0.2) is 13.2 Å². The molecule has 1 aliphatic rings. The third-order valence-corrected chi connectivity index (χ3v) is 6.15. The van der Waals surface area contributed by atoms with Gasteiger partial charge in [0.1, 0.15) is 21.4 Å². The number of nitrogens with one attached hydrogen (secondary N) is 1. The predicted octanol–water partition coefficient (Wildman–Crippen LogP) is 3.19. The van der Waals surface area contributed by atoms with Gasteiger partial charge < -0.3 is 14.6 Å². The Morgan fingerprint density at radius 2 is 1.92 bits per heavy atom. The van der Waals surface area contributed by atoms with Crippen molar-refractivity contribution in [2.45, 2.75) is 17.4 Å². The minimum atomic E-state index is -4.06. The minimum Gasteiger partial charge on any atom is -0.497 e. The summed E-state index contributed by atoms with van der Waals surface area (Å²) in [7, 11) is -2.56. The van der Waals surface area contributed by atoms with Crippen molar-refractivity contribution >= 4 is 44.9 Å². The standard InChI is InChI=1S/C16H13Cl2NO6S/c1-24-10-4-2-9(3-5-10)19-26(22,23)12-7-8-6-11(16(20)21)25-15(8)14(18)13(12)17/h2-5,7,11,19H,6H2,1H3,(H,20,21). The first-order valence-corrected chi connectivity index (χ1v) is 9.54. The van der Waals surface area contributed by atoms with Gasteiger partial charge in [-0.1, -0.05) is 23.2 Å². The highest BCUT2D eigenvalue weighted by molar-refractivity contribution is 7.92. The second-order valence-corrected chi connectivity index (χ2v) is 7.88. The van der Waals surface area contributed by atoms with Crippen molar-refractivity contribution in [3.8, 4) is 11.5 Å². The maximum Gasteiger partial charge on any atom is 0.345 e. The highest BCUT2D eigenvalue weighted by Crippen LogP contribution is 2.44. The van der Waals surface area contributed by atoms with Gasteiger partial charge in [-0.05, 0) is 30.3 Å². The van der Waals surface area contributed by atoms with Crippen LogP contribution in [0.3, 0.4) is 0 Å². The lowest BCUT2D eigenvalue weighted by Gasteiger charge is -2.13. The number of rotatable bonds is 5. The van der Waals surface area contributed by atoms with Crippen LogP contribution in [0.15, 0.2) is 35.2 Å². The van der Waals surface area contributed by atoms with Gasteiger partial charge in [0.15, 0.2) is 6.10 Å². The Labute approximate surface area is 159 Å². The normalized spacial score (nSPS) is 15.9. The van der Waals surface area contributed by atoms with Gasteiger partial charge in [0.2, 0.25) is 0 Å². The Morgan fingerprint density at radius 3 is 2.50 bits per heavy atom. The second kappa shape index (κ2) is 6.86. The van der Waals surface area contributed by atoms with E-state index in [1.54, 1.807) is 12.1 Å². The molecule has 0 saturated heterocycles. The van der Waals surface area contributed by atoms with Gasteiger partial charge in [0.05, 0.1) is 12.1 Å². The average molecular weight is 418 g/mol. The van der Waals surface area contributed by atoms with Crippen molar-refractivity contribution < 1.29 is 27.8 Å². The summed E-state index contributed by atoms with van der Waals surface area (Å²) >= 11 is 12.2. The van der Waals surface area contributed by atoms with Crippen LogP contribution in [0.4, 0.5) is 5.69 Å². The Hall–Kier alpha value is -2.16. The molecule has 0 radical (unpaired) electrons. The van der Waals surface area contributed by atoms with E-state index < -0.39 is 22.1 Å². The fourth-order valence-electron chi connectivity index (χ4n) is 2.50. The number of methoxy groups -OCH3 is 1. The number of carboxylic acid groups (broad SMARTS) is 1. The van der Waals surface area contributed by atoms with E-state index in [-0.39, 0.29) is 27.1 Å². The van der Waals surface area contributed by atoms with Gasteiger partial charge in [-0.2, -0.15) is 0 Å². The number of carboxylic acids is 1. The van der Waals surface area contributed by atoms with Crippen molar-refractivity contribution in [2.24, 2.45) is 0 Å². The Balaban J connectivity index is 1.97. The molecule has 10 heteroatoms. The lowest BCUT2D eigenvalue weighted by molar-refractivity contribution is -0.144. The maximum absolute atomic E-state index is 12.7. The summed E-state index contributed by atoms with van der Waals surface area (Å²) in [5.74, 6) is -0.509. The Bertz CT molecular complexity index is 975. The van der Waals surface area contributed by atoms with Gasteiger partial charge in [-0.15, -0.1) is 0 Å². The number of ether oxygens (including phenoxy) is 2. The molecule has 0 fully saturated rings. The largest absolute Gasteiger partial charge is 0.497 e. The fraction of sp³-hybridized carbons (Fsp3) is 0.188. The molecule has 0 bridgehead atoms. The van der Waals surface area contributed by atoms with Crippen molar-refractivity contribution in [1.82, 2.24) is 0 Å². The topological polar surface area (TPSA) is 102 Å². The maximum atomic E-state index is 12.7. The van der Waals surface area contributed by atoms with Gasteiger partial charge in [-0.3, -0.25) is 4.72 Å². The molecule has 1 aliphatic heterocycles. The molecular formula is C16H13Cl2NO6S. The Morgan fingerprint density at radius 1 is 1.27 bits per heavy atom. The molecule has 26 heavy (non-hydrogen) atoms. The van der Waals surface area contributed by atoms with E-state index in [2.05, 4.69) is 4.72 Å². The minimum absolute atomic E-state index is 0.00733. The number of aliphatic carboxylic acids is 1. The number of halogens is 2. The van der Waals surface area contributed by atoms with Crippen LogP contribution in [0, 0.1) is 0 Å². The molecule has 0 amide bonds. The van der Waals surface area contributed by atoms with Crippen molar-refractivity contribution in [3.05, 3.63) is 45.9 Å². The molecule has 2 aromatic rings. The van der Waals surface area contributed by atoms with E-state index in [1.165, 1.54) is 25.3 Å². The molecule has 1 heterocycles. The SMILES string of the molecule is COc1ccc(NS(=O)(=O)c2cc3c(c(Cl)c2Cl)OC(C(=O)O)C3)cc1. The summed E-state index contributed by atoms with van der Waals surface area (Å²) in [6.45, 7) is 0.